The largest absolute Gasteiger partial charge is 0.245 e. The molecule has 9 heavy (non-hydrogen) atoms. The highest BCUT2D eigenvalue weighted by Crippen LogP contribution is 2.10. The number of hydrogen-bond acceptors (Lipinski definition) is 0. The van der Waals surface area contributed by atoms with Crippen molar-refractivity contribution in [3.63, 3.8) is 0 Å². The van der Waals surface area contributed by atoms with Crippen molar-refractivity contribution < 1.29 is 0 Å². The van der Waals surface area contributed by atoms with E-state index in [0.717, 1.165) is 0 Å². The van der Waals surface area contributed by atoms with Crippen LogP contribution in [-0.2, 0) is 0 Å². The van der Waals surface area contributed by atoms with Crippen LogP contribution in [0.15, 0.2) is 0 Å². The third kappa shape index (κ3) is 205. The summed E-state index contributed by atoms with van der Waals surface area (Å²) in [4.78, 5) is 0. The van der Waals surface area contributed by atoms with Crippen LogP contribution in [0.25, 0.3) is 0 Å². The zero-order valence-corrected chi connectivity index (χ0v) is 9.75. The van der Waals surface area contributed by atoms with Gasteiger partial charge in [-0.2, -0.15) is 0 Å². The molecule has 0 radical (unpaired) electrons. The fourth-order valence-corrected chi connectivity index (χ4v) is 0. The molecule has 0 aromatic heterocycles. The van der Waals surface area contributed by atoms with Gasteiger partial charge in [-0.05, 0) is 13.1 Å². The van der Waals surface area contributed by atoms with E-state index < -0.39 is 11.0 Å². The molecule has 0 saturated carbocycles. The van der Waals surface area contributed by atoms with Crippen molar-refractivity contribution in [1.82, 2.24) is 0 Å². The minimum atomic E-state index is -1.67. The molecule has 0 fully saturated rings. The molecule has 0 aromatic carbocycles. The zero-order chi connectivity index (χ0) is 8.08. The van der Waals surface area contributed by atoms with Gasteiger partial charge >= 0.3 is 0 Å². The van der Waals surface area contributed by atoms with Crippen molar-refractivity contribution in [2.45, 2.75) is 17.4 Å². The molecular weight excluding hydrogens is 241 g/mol. The van der Waals surface area contributed by atoms with Gasteiger partial charge in [0.2, 0.25) is 6.69 Å². The van der Waals surface area contributed by atoms with Gasteiger partial charge in [0.1, 0.15) is 0 Å². The monoisotopic (exact) mass is 246 g/mol. The molecule has 6 heteroatoms. The second-order valence-corrected chi connectivity index (χ2v) is 12.5. The first-order valence-corrected chi connectivity index (χ1v) is 8.37. The van der Waals surface area contributed by atoms with E-state index in [1.54, 1.807) is 0 Å². The van der Waals surface area contributed by atoms with Gasteiger partial charge in [-0.3, -0.25) is 0 Å². The van der Waals surface area contributed by atoms with Gasteiger partial charge in [0.15, 0.2) is 4.30 Å². The summed E-state index contributed by atoms with van der Waals surface area (Å²) in [5, 5.41) is 0. The second kappa shape index (κ2) is 6.38. The maximum atomic E-state index is 5.43. The average Bonchev–Trinajstić information content (AvgIpc) is 1.19. The van der Waals surface area contributed by atoms with E-state index in [0.29, 0.717) is 0 Å². The van der Waals surface area contributed by atoms with Crippen molar-refractivity contribution in [3.8, 4) is 0 Å². The Labute approximate surface area is 80.8 Å². The predicted molar refractivity (Wildman–Crippen MR) is 50.5 cm³/mol. The Kier molecular flexibility index (Phi) is 9.41. The molecule has 0 aliphatic carbocycles. The molecule has 58 valence electrons. The van der Waals surface area contributed by atoms with Crippen LogP contribution in [0, 0.1) is 0 Å². The minimum absolute atomic E-state index is 0.750. The van der Waals surface area contributed by atoms with Crippen LogP contribution in [0.3, 0.4) is 0 Å². The molecule has 0 aliphatic rings. The molecule has 0 nitrogen and oxygen atoms in total. The van der Waals surface area contributed by atoms with Gasteiger partial charge in [-0.15, -0.1) is 22.2 Å². The quantitative estimate of drug-likeness (QED) is 0.343. The first-order valence-electron chi connectivity index (χ1n) is 2.03. The van der Waals surface area contributed by atoms with Gasteiger partial charge in [-0.1, -0.05) is 34.8 Å². The summed E-state index contributed by atoms with van der Waals surface area (Å²) in [6.07, 6.45) is 0. The van der Waals surface area contributed by atoms with Gasteiger partial charge in [-0.25, -0.2) is 0 Å². The normalized spacial score (nSPS) is 10.7. The van der Waals surface area contributed by atoms with E-state index in [4.69, 9.17) is 57.0 Å². The number of halogens is 5. The molecule has 0 N–H and O–H groups in total. The lowest BCUT2D eigenvalue weighted by Gasteiger charge is -1.93. The minimum Gasteiger partial charge on any atom is -0.146 e. The standard InChI is InChI=1S/C2H6Cl2Si.CHCl3/c1-5(2,3)4;2-1(3)4/h1-2H3;1H. The Hall–Kier alpha value is 1.67. The van der Waals surface area contributed by atoms with Gasteiger partial charge in [0.25, 0.3) is 0 Å². The average molecular weight is 248 g/mol. The molecule has 0 bridgehead atoms. The summed E-state index contributed by atoms with van der Waals surface area (Å²) in [5.74, 6) is 0. The van der Waals surface area contributed by atoms with Crippen LogP contribution < -0.4 is 0 Å². The fraction of sp³-hybridized carbons (Fsp3) is 1.00. The van der Waals surface area contributed by atoms with E-state index in [2.05, 4.69) is 0 Å². The lowest BCUT2D eigenvalue weighted by Crippen LogP contribution is -2.02. The summed E-state index contributed by atoms with van der Waals surface area (Å²) in [5.41, 5.74) is 0. The van der Waals surface area contributed by atoms with Gasteiger partial charge in [0, 0.05) is 0 Å². The highest BCUT2D eigenvalue weighted by Gasteiger charge is 2.08. The molecule has 0 aliphatic heterocycles. The molecule has 0 rings (SSSR count). The molecule has 0 aromatic rings. The lowest BCUT2D eigenvalue weighted by atomic mass is 11.9. The van der Waals surface area contributed by atoms with E-state index in [1.807, 2.05) is 13.1 Å². The van der Waals surface area contributed by atoms with E-state index in [1.165, 1.54) is 0 Å². The maximum absolute atomic E-state index is 5.43. The van der Waals surface area contributed by atoms with Crippen molar-refractivity contribution in [1.29, 1.82) is 0 Å². The summed E-state index contributed by atoms with van der Waals surface area (Å²) < 4.78 is -0.750. The van der Waals surface area contributed by atoms with Crippen LogP contribution in [-0.4, -0.2) is 11.0 Å². The first-order chi connectivity index (χ1) is 3.73. The third-order valence-corrected chi connectivity index (χ3v) is 0. The van der Waals surface area contributed by atoms with E-state index >= 15 is 0 Å². The molecule has 0 saturated heterocycles. The van der Waals surface area contributed by atoms with E-state index in [9.17, 15) is 0 Å². The van der Waals surface area contributed by atoms with Crippen LogP contribution in [0.1, 0.15) is 0 Å². The highest BCUT2D eigenvalue weighted by molar-refractivity contribution is 7.44. The predicted octanol–water partition coefficient (Wildman–Crippen LogP) is 4.15. The smallest absolute Gasteiger partial charge is 0.146 e. The molecule has 0 unspecified atom stereocenters. The third-order valence-electron chi connectivity index (χ3n) is 0. The number of hydrogen-bond donors (Lipinski definition) is 0. The van der Waals surface area contributed by atoms with Crippen molar-refractivity contribution in [2.75, 3.05) is 0 Å². The van der Waals surface area contributed by atoms with Crippen LogP contribution in [0.2, 0.25) is 13.1 Å². The fourth-order valence-electron chi connectivity index (χ4n) is 0. The van der Waals surface area contributed by atoms with Crippen molar-refractivity contribution >= 4 is 63.7 Å². The second-order valence-electron chi connectivity index (χ2n) is 1.57. The number of rotatable bonds is 0. The molecule has 0 atom stereocenters. The molecule has 0 heterocycles. The Morgan fingerprint density at radius 1 is 1.00 bits per heavy atom. The van der Waals surface area contributed by atoms with Crippen LogP contribution >= 0.6 is 57.0 Å². The zero-order valence-electron chi connectivity index (χ0n) is 4.97. The maximum Gasteiger partial charge on any atom is 0.245 e. The Balaban J connectivity index is 0. The topological polar surface area (TPSA) is 0 Å². The van der Waals surface area contributed by atoms with Crippen molar-refractivity contribution in [3.05, 3.63) is 0 Å². The van der Waals surface area contributed by atoms with Crippen LogP contribution in [0.5, 0.6) is 0 Å². The number of alkyl halides is 3. The molecule has 0 spiro atoms. The first kappa shape index (κ1) is 13.3. The van der Waals surface area contributed by atoms with E-state index in [-0.39, 0.29) is 0 Å². The Bertz CT molecular complexity index is 49.0. The van der Waals surface area contributed by atoms with Gasteiger partial charge in [0.05, 0.1) is 0 Å². The summed E-state index contributed by atoms with van der Waals surface area (Å²) in [6.45, 7) is 2.05. The van der Waals surface area contributed by atoms with Crippen molar-refractivity contribution in [2.24, 2.45) is 0 Å². The highest BCUT2D eigenvalue weighted by atomic mass is 35.7. The molecule has 0 amide bonds. The lowest BCUT2D eigenvalue weighted by molar-refractivity contribution is 1.96. The SMILES string of the molecule is C[Si](C)(Cl)Cl.ClC(Cl)Cl. The summed E-state index contributed by atoms with van der Waals surface area (Å²) in [7, 11) is 0. The Morgan fingerprint density at radius 3 is 1.00 bits per heavy atom. The molecular formula is C3H7Cl5Si. The summed E-state index contributed by atoms with van der Waals surface area (Å²) >= 11 is 25.3. The van der Waals surface area contributed by atoms with Crippen LogP contribution in [0.4, 0.5) is 0 Å². The van der Waals surface area contributed by atoms with Gasteiger partial charge < -0.3 is 0 Å². The summed E-state index contributed by atoms with van der Waals surface area (Å²) in [6, 6.07) is 0. The Morgan fingerprint density at radius 2 is 1.00 bits per heavy atom.